The van der Waals surface area contributed by atoms with E-state index in [1.54, 1.807) is 41.5 Å². The summed E-state index contributed by atoms with van der Waals surface area (Å²) < 4.78 is 10.4. The maximum atomic E-state index is 12.1. The molecule has 1 rings (SSSR count). The Morgan fingerprint density at radius 3 is 2.18 bits per heavy atom. The molecule has 1 fully saturated rings. The fraction of sp³-hybridized carbons (Fsp3) is 0.812. The number of esters is 1. The topological polar surface area (TPSA) is 72.9 Å². The number of carbonyl (C=O) groups excluding carboxylic acids is 3. The smallest absolute Gasteiger partial charge is 0.411 e. The SMILES string of the molecule is CC(C)(C)OC(=O)N1CCCC1C(=O)OCC(=O)C(C)(C)C. The lowest BCUT2D eigenvalue weighted by Gasteiger charge is -2.27. The maximum Gasteiger partial charge on any atom is 0.411 e. The normalized spacial score (nSPS) is 19.0. The molecule has 6 nitrogen and oxygen atoms in total. The number of nitrogens with zero attached hydrogens (tertiary/aromatic N) is 1. The molecule has 0 aromatic heterocycles. The summed E-state index contributed by atoms with van der Waals surface area (Å²) in [7, 11) is 0. The first kappa shape index (κ1) is 18.5. The molecule has 1 amide bonds. The lowest BCUT2D eigenvalue weighted by molar-refractivity contribution is -0.154. The zero-order valence-corrected chi connectivity index (χ0v) is 14.4. The second-order valence-electron chi connectivity index (χ2n) is 7.61. The van der Waals surface area contributed by atoms with Gasteiger partial charge in [0.1, 0.15) is 11.6 Å². The van der Waals surface area contributed by atoms with Crippen LogP contribution in [0.3, 0.4) is 0 Å². The van der Waals surface area contributed by atoms with Crippen LogP contribution < -0.4 is 0 Å². The average molecular weight is 313 g/mol. The monoisotopic (exact) mass is 313 g/mol. The Labute approximate surface area is 132 Å². The van der Waals surface area contributed by atoms with Gasteiger partial charge >= 0.3 is 12.1 Å². The lowest BCUT2D eigenvalue weighted by Crippen LogP contribution is -2.44. The van der Waals surface area contributed by atoms with E-state index in [-0.39, 0.29) is 12.4 Å². The van der Waals surface area contributed by atoms with Crippen molar-refractivity contribution in [3.8, 4) is 0 Å². The van der Waals surface area contributed by atoms with Gasteiger partial charge in [0.05, 0.1) is 0 Å². The van der Waals surface area contributed by atoms with Crippen molar-refractivity contribution in [2.45, 2.75) is 66.0 Å². The molecule has 0 N–H and O–H groups in total. The van der Waals surface area contributed by atoms with E-state index in [4.69, 9.17) is 9.47 Å². The van der Waals surface area contributed by atoms with Gasteiger partial charge in [0.15, 0.2) is 12.4 Å². The van der Waals surface area contributed by atoms with Gasteiger partial charge in [0.2, 0.25) is 0 Å². The average Bonchev–Trinajstić information content (AvgIpc) is 2.81. The third-order valence-corrected chi connectivity index (χ3v) is 3.33. The van der Waals surface area contributed by atoms with Crippen molar-refractivity contribution in [3.05, 3.63) is 0 Å². The van der Waals surface area contributed by atoms with Gasteiger partial charge in [-0.3, -0.25) is 9.69 Å². The van der Waals surface area contributed by atoms with Crippen molar-refractivity contribution in [2.24, 2.45) is 5.41 Å². The first-order valence-corrected chi connectivity index (χ1v) is 7.61. The number of Topliss-reactive ketones (excluding diaryl/α,β-unsaturated/α-hetero) is 1. The fourth-order valence-electron chi connectivity index (χ4n) is 2.00. The van der Waals surface area contributed by atoms with Crippen LogP contribution in [0.25, 0.3) is 0 Å². The predicted octanol–water partition coefficient (Wildman–Crippen LogP) is 2.54. The first-order chi connectivity index (χ1) is 9.92. The minimum absolute atomic E-state index is 0.150. The van der Waals surface area contributed by atoms with E-state index in [0.29, 0.717) is 19.4 Å². The fourth-order valence-corrected chi connectivity index (χ4v) is 2.00. The molecule has 0 aromatic carbocycles. The van der Waals surface area contributed by atoms with E-state index in [2.05, 4.69) is 0 Å². The van der Waals surface area contributed by atoms with Crippen molar-refractivity contribution in [1.29, 1.82) is 0 Å². The molecule has 1 atom stereocenters. The predicted molar refractivity (Wildman–Crippen MR) is 81.4 cm³/mol. The highest BCUT2D eigenvalue weighted by Gasteiger charge is 2.38. The summed E-state index contributed by atoms with van der Waals surface area (Å²) in [4.78, 5) is 37.4. The number of hydrogen-bond acceptors (Lipinski definition) is 5. The van der Waals surface area contributed by atoms with Crippen LogP contribution in [-0.2, 0) is 19.1 Å². The van der Waals surface area contributed by atoms with Crippen molar-refractivity contribution in [1.82, 2.24) is 4.90 Å². The van der Waals surface area contributed by atoms with E-state index in [1.807, 2.05) is 0 Å². The maximum absolute atomic E-state index is 12.1. The summed E-state index contributed by atoms with van der Waals surface area (Å²) >= 11 is 0. The van der Waals surface area contributed by atoms with E-state index in [0.717, 1.165) is 0 Å². The Kier molecular flexibility index (Phi) is 5.59. The highest BCUT2D eigenvalue weighted by Crippen LogP contribution is 2.22. The van der Waals surface area contributed by atoms with Crippen LogP contribution in [0.5, 0.6) is 0 Å². The molecule has 0 aromatic rings. The van der Waals surface area contributed by atoms with Crippen LogP contribution in [0.15, 0.2) is 0 Å². The highest BCUT2D eigenvalue weighted by atomic mass is 16.6. The Hall–Kier alpha value is -1.59. The Morgan fingerprint density at radius 1 is 1.09 bits per heavy atom. The minimum Gasteiger partial charge on any atom is -0.456 e. The Morgan fingerprint density at radius 2 is 1.68 bits per heavy atom. The molecular formula is C16H27NO5. The summed E-state index contributed by atoms with van der Waals surface area (Å²) in [6.07, 6.45) is 0.725. The molecule has 1 aliphatic rings. The van der Waals surface area contributed by atoms with E-state index in [9.17, 15) is 14.4 Å². The quantitative estimate of drug-likeness (QED) is 0.749. The molecule has 0 saturated carbocycles. The van der Waals surface area contributed by atoms with E-state index < -0.39 is 29.1 Å². The molecule has 22 heavy (non-hydrogen) atoms. The zero-order chi connectivity index (χ0) is 17.1. The Bertz CT molecular complexity index is 444. The molecule has 0 spiro atoms. The molecule has 0 radical (unpaired) electrons. The van der Waals surface area contributed by atoms with E-state index in [1.165, 1.54) is 4.90 Å². The van der Waals surface area contributed by atoms with Crippen molar-refractivity contribution >= 4 is 17.8 Å². The van der Waals surface area contributed by atoms with Crippen LogP contribution in [0.4, 0.5) is 4.79 Å². The summed E-state index contributed by atoms with van der Waals surface area (Å²) in [5, 5.41) is 0. The lowest BCUT2D eigenvalue weighted by atomic mass is 9.91. The van der Waals surface area contributed by atoms with Crippen LogP contribution >= 0.6 is 0 Å². The van der Waals surface area contributed by atoms with Crippen molar-refractivity contribution in [2.75, 3.05) is 13.2 Å². The first-order valence-electron chi connectivity index (χ1n) is 7.61. The van der Waals surface area contributed by atoms with Crippen LogP contribution in [0.2, 0.25) is 0 Å². The number of amides is 1. The summed E-state index contributed by atoms with van der Waals surface area (Å²) in [5.74, 6) is -0.691. The van der Waals surface area contributed by atoms with Crippen molar-refractivity contribution < 1.29 is 23.9 Å². The number of likely N-dealkylation sites (tertiary alicyclic amines) is 1. The molecule has 126 valence electrons. The third kappa shape index (κ3) is 5.31. The molecule has 6 heteroatoms. The number of ketones is 1. The van der Waals surface area contributed by atoms with Gasteiger partial charge in [-0.2, -0.15) is 0 Å². The molecule has 0 bridgehead atoms. The molecule has 1 unspecified atom stereocenters. The van der Waals surface area contributed by atoms with Crippen LogP contribution in [0.1, 0.15) is 54.4 Å². The highest BCUT2D eigenvalue weighted by molar-refractivity contribution is 5.88. The largest absolute Gasteiger partial charge is 0.456 e. The van der Waals surface area contributed by atoms with Gasteiger partial charge in [0, 0.05) is 12.0 Å². The van der Waals surface area contributed by atoms with Gasteiger partial charge in [0.25, 0.3) is 0 Å². The van der Waals surface area contributed by atoms with E-state index >= 15 is 0 Å². The molecule has 1 saturated heterocycles. The van der Waals surface area contributed by atoms with Gasteiger partial charge in [-0.05, 0) is 33.6 Å². The minimum atomic E-state index is -0.664. The van der Waals surface area contributed by atoms with Gasteiger partial charge in [-0.25, -0.2) is 9.59 Å². The summed E-state index contributed by atoms with van der Waals surface area (Å²) in [5.41, 5.74) is -1.17. The number of carbonyl (C=O) groups is 3. The van der Waals surface area contributed by atoms with Gasteiger partial charge in [-0.15, -0.1) is 0 Å². The standard InChI is InChI=1S/C16H27NO5/c1-15(2,3)12(18)10-21-13(19)11-8-7-9-17(11)14(20)22-16(4,5)6/h11H,7-10H2,1-6H3. The second-order valence-corrected chi connectivity index (χ2v) is 7.61. The second kappa shape index (κ2) is 6.67. The van der Waals surface area contributed by atoms with Crippen LogP contribution in [0, 0.1) is 5.41 Å². The molecule has 1 aliphatic heterocycles. The molecule has 1 heterocycles. The molecule has 0 aliphatic carbocycles. The number of ether oxygens (including phenoxy) is 2. The van der Waals surface area contributed by atoms with Crippen LogP contribution in [-0.4, -0.2) is 47.5 Å². The zero-order valence-electron chi connectivity index (χ0n) is 14.4. The summed E-state index contributed by atoms with van der Waals surface area (Å²) in [6.45, 7) is 10.8. The number of rotatable bonds is 3. The molecular weight excluding hydrogens is 286 g/mol. The van der Waals surface area contributed by atoms with Gasteiger partial charge in [-0.1, -0.05) is 20.8 Å². The van der Waals surface area contributed by atoms with Crippen molar-refractivity contribution in [3.63, 3.8) is 0 Å². The van der Waals surface area contributed by atoms with Gasteiger partial charge < -0.3 is 9.47 Å². The number of hydrogen-bond donors (Lipinski definition) is 0. The Balaban J connectivity index is 2.61. The third-order valence-electron chi connectivity index (χ3n) is 3.33. The summed E-state index contributed by atoms with van der Waals surface area (Å²) in [6, 6.07) is -0.664.